The van der Waals surface area contributed by atoms with Crippen LogP contribution >= 0.6 is 0 Å². The first-order valence-electron chi connectivity index (χ1n) is 5.07. The zero-order valence-corrected chi connectivity index (χ0v) is 9.43. The van der Waals surface area contributed by atoms with E-state index in [1.165, 1.54) is 0 Å². The van der Waals surface area contributed by atoms with Crippen molar-refractivity contribution >= 4 is 15.8 Å². The SMILES string of the molecule is C=C1Cc2c(ccc3c2CCOS3(=O)=O)N1. The minimum atomic E-state index is -3.54. The van der Waals surface area contributed by atoms with Gasteiger partial charge >= 0.3 is 0 Å². The van der Waals surface area contributed by atoms with Crippen LogP contribution in [0.25, 0.3) is 0 Å². The molecule has 0 bridgehead atoms. The van der Waals surface area contributed by atoms with Crippen molar-refractivity contribution in [1.29, 1.82) is 0 Å². The average molecular weight is 237 g/mol. The van der Waals surface area contributed by atoms with Crippen LogP contribution in [0.4, 0.5) is 5.69 Å². The molecule has 0 amide bonds. The van der Waals surface area contributed by atoms with Gasteiger partial charge in [0.15, 0.2) is 0 Å². The van der Waals surface area contributed by atoms with Gasteiger partial charge in [-0.15, -0.1) is 0 Å². The Hall–Kier alpha value is -1.33. The molecule has 0 unspecified atom stereocenters. The first-order chi connectivity index (χ1) is 7.58. The molecule has 1 N–H and O–H groups in total. The summed E-state index contributed by atoms with van der Waals surface area (Å²) in [5.41, 5.74) is 3.82. The fourth-order valence-electron chi connectivity index (χ4n) is 2.26. The number of rotatable bonds is 0. The van der Waals surface area contributed by atoms with Gasteiger partial charge in [0.2, 0.25) is 0 Å². The van der Waals surface area contributed by atoms with E-state index in [0.717, 1.165) is 22.5 Å². The molecule has 0 aromatic heterocycles. The maximum Gasteiger partial charge on any atom is 0.297 e. The van der Waals surface area contributed by atoms with Crippen LogP contribution in [0.2, 0.25) is 0 Å². The Kier molecular flexibility index (Phi) is 1.90. The molecule has 1 aromatic rings. The van der Waals surface area contributed by atoms with Crippen LogP contribution in [0, 0.1) is 0 Å². The lowest BCUT2D eigenvalue weighted by Crippen LogP contribution is -2.19. The van der Waals surface area contributed by atoms with E-state index in [0.29, 0.717) is 17.7 Å². The van der Waals surface area contributed by atoms with E-state index in [4.69, 9.17) is 4.18 Å². The van der Waals surface area contributed by atoms with Gasteiger partial charge in [-0.3, -0.25) is 4.18 Å². The van der Waals surface area contributed by atoms with Crippen LogP contribution in [0.15, 0.2) is 29.3 Å². The third-order valence-electron chi connectivity index (χ3n) is 2.95. The van der Waals surface area contributed by atoms with Crippen LogP contribution in [0.1, 0.15) is 11.1 Å². The summed E-state index contributed by atoms with van der Waals surface area (Å²) in [7, 11) is -3.54. The minimum absolute atomic E-state index is 0.234. The fraction of sp³-hybridized carbons (Fsp3) is 0.273. The van der Waals surface area contributed by atoms with Gasteiger partial charge in [-0.05, 0) is 29.7 Å². The number of anilines is 1. The molecule has 0 atom stereocenters. The normalized spacial score (nSPS) is 21.1. The summed E-state index contributed by atoms with van der Waals surface area (Å²) in [6.07, 6.45) is 1.35. The molecule has 0 saturated carbocycles. The molecular formula is C11H11NO3S. The van der Waals surface area contributed by atoms with E-state index in [2.05, 4.69) is 11.9 Å². The number of benzene rings is 1. The topological polar surface area (TPSA) is 55.4 Å². The minimum Gasteiger partial charge on any atom is -0.359 e. The predicted molar refractivity (Wildman–Crippen MR) is 59.8 cm³/mol. The van der Waals surface area contributed by atoms with Crippen molar-refractivity contribution in [2.75, 3.05) is 11.9 Å². The van der Waals surface area contributed by atoms with E-state index in [-0.39, 0.29) is 6.61 Å². The molecule has 3 rings (SSSR count). The van der Waals surface area contributed by atoms with Gasteiger partial charge in [0.05, 0.1) is 11.5 Å². The van der Waals surface area contributed by atoms with Crippen molar-refractivity contribution in [2.45, 2.75) is 17.7 Å². The van der Waals surface area contributed by atoms with E-state index >= 15 is 0 Å². The van der Waals surface area contributed by atoms with Gasteiger partial charge in [-0.25, -0.2) is 0 Å². The summed E-state index contributed by atoms with van der Waals surface area (Å²) in [6, 6.07) is 3.38. The summed E-state index contributed by atoms with van der Waals surface area (Å²) in [5.74, 6) is 0. The Morgan fingerprint density at radius 1 is 1.31 bits per heavy atom. The summed E-state index contributed by atoms with van der Waals surface area (Å²) < 4.78 is 28.2. The Bertz CT molecular complexity index is 589. The number of nitrogens with one attached hydrogen (secondary N) is 1. The maximum atomic E-state index is 11.7. The highest BCUT2D eigenvalue weighted by molar-refractivity contribution is 7.86. The second-order valence-electron chi connectivity index (χ2n) is 4.00. The molecule has 0 radical (unpaired) electrons. The molecule has 16 heavy (non-hydrogen) atoms. The van der Waals surface area contributed by atoms with Crippen molar-refractivity contribution in [2.24, 2.45) is 0 Å². The Labute approximate surface area is 94.1 Å². The van der Waals surface area contributed by atoms with E-state index < -0.39 is 10.1 Å². The Morgan fingerprint density at radius 3 is 2.94 bits per heavy atom. The van der Waals surface area contributed by atoms with Crippen molar-refractivity contribution in [3.05, 3.63) is 35.5 Å². The first-order valence-corrected chi connectivity index (χ1v) is 6.48. The molecule has 84 valence electrons. The van der Waals surface area contributed by atoms with Crippen LogP contribution in [-0.4, -0.2) is 15.0 Å². The van der Waals surface area contributed by atoms with Crippen LogP contribution in [-0.2, 0) is 27.1 Å². The molecule has 2 aliphatic heterocycles. The van der Waals surface area contributed by atoms with Crippen molar-refractivity contribution < 1.29 is 12.6 Å². The first kappa shape index (κ1) is 9.86. The number of hydrogen-bond acceptors (Lipinski definition) is 4. The second-order valence-corrected chi connectivity index (χ2v) is 5.58. The van der Waals surface area contributed by atoms with Gasteiger partial charge in [0.1, 0.15) is 0 Å². The maximum absolute atomic E-state index is 11.7. The van der Waals surface area contributed by atoms with Crippen molar-refractivity contribution in [3.63, 3.8) is 0 Å². The lowest BCUT2D eigenvalue weighted by atomic mass is 10.0. The highest BCUT2D eigenvalue weighted by Crippen LogP contribution is 2.36. The van der Waals surface area contributed by atoms with Gasteiger partial charge in [0, 0.05) is 17.8 Å². The molecule has 0 spiro atoms. The van der Waals surface area contributed by atoms with E-state index in [1.54, 1.807) is 12.1 Å². The smallest absolute Gasteiger partial charge is 0.297 e. The van der Waals surface area contributed by atoms with Crippen molar-refractivity contribution in [3.8, 4) is 0 Å². The van der Waals surface area contributed by atoms with Crippen LogP contribution < -0.4 is 5.32 Å². The standard InChI is InChI=1S/C11H11NO3S/c1-7-6-9-8-4-5-15-16(13,14)11(8)3-2-10(9)12-7/h2-3,12H,1,4-6H2. The summed E-state index contributed by atoms with van der Waals surface area (Å²) in [5, 5.41) is 3.14. The molecule has 4 nitrogen and oxygen atoms in total. The summed E-state index contributed by atoms with van der Waals surface area (Å²) in [4.78, 5) is 0.314. The van der Waals surface area contributed by atoms with E-state index in [9.17, 15) is 8.42 Å². The Balaban J connectivity index is 2.27. The van der Waals surface area contributed by atoms with Crippen LogP contribution in [0.3, 0.4) is 0 Å². The van der Waals surface area contributed by atoms with Gasteiger partial charge in [-0.2, -0.15) is 8.42 Å². The summed E-state index contributed by atoms with van der Waals surface area (Å²) in [6.45, 7) is 4.10. The number of allylic oxidation sites excluding steroid dienone is 1. The highest BCUT2D eigenvalue weighted by Gasteiger charge is 2.29. The molecule has 5 heteroatoms. The largest absolute Gasteiger partial charge is 0.359 e. The Morgan fingerprint density at radius 2 is 2.12 bits per heavy atom. The average Bonchev–Trinajstić information content (AvgIpc) is 2.58. The zero-order chi connectivity index (χ0) is 11.3. The zero-order valence-electron chi connectivity index (χ0n) is 8.62. The predicted octanol–water partition coefficient (Wildman–Crippen LogP) is 1.43. The van der Waals surface area contributed by atoms with Gasteiger partial charge in [0.25, 0.3) is 10.1 Å². The quantitative estimate of drug-likeness (QED) is 0.693. The lowest BCUT2D eigenvalue weighted by molar-refractivity contribution is 0.309. The summed E-state index contributed by atoms with van der Waals surface area (Å²) >= 11 is 0. The van der Waals surface area contributed by atoms with Crippen molar-refractivity contribution in [1.82, 2.24) is 0 Å². The molecule has 0 saturated heterocycles. The molecule has 1 aromatic carbocycles. The fourth-order valence-corrected chi connectivity index (χ4v) is 3.46. The molecule has 2 heterocycles. The number of hydrogen-bond donors (Lipinski definition) is 1. The monoisotopic (exact) mass is 237 g/mol. The highest BCUT2D eigenvalue weighted by atomic mass is 32.2. The van der Waals surface area contributed by atoms with Gasteiger partial charge < -0.3 is 5.32 Å². The third-order valence-corrected chi connectivity index (χ3v) is 4.35. The molecule has 0 aliphatic carbocycles. The number of fused-ring (bicyclic) bond motifs is 3. The molecule has 0 fully saturated rings. The third kappa shape index (κ3) is 1.28. The van der Waals surface area contributed by atoms with Crippen LogP contribution in [0.5, 0.6) is 0 Å². The molecular weight excluding hydrogens is 226 g/mol. The van der Waals surface area contributed by atoms with E-state index in [1.807, 2.05) is 0 Å². The lowest BCUT2D eigenvalue weighted by Gasteiger charge is -2.18. The second kappa shape index (κ2) is 3.09. The molecule has 2 aliphatic rings. The van der Waals surface area contributed by atoms with Gasteiger partial charge in [-0.1, -0.05) is 6.58 Å².